The van der Waals surface area contributed by atoms with Gasteiger partial charge in [0.25, 0.3) is 0 Å². The van der Waals surface area contributed by atoms with Crippen molar-refractivity contribution in [1.29, 1.82) is 0 Å². The van der Waals surface area contributed by atoms with Crippen molar-refractivity contribution < 1.29 is 23.8 Å². The lowest BCUT2D eigenvalue weighted by molar-refractivity contribution is 0.104. The molecule has 0 aliphatic carbocycles. The number of carbonyl (C=O) groups excluding carboxylic acids is 1. The summed E-state index contributed by atoms with van der Waals surface area (Å²) in [7, 11) is 2.83. The molecule has 4 nitrogen and oxygen atoms in total. The molecule has 0 bridgehead atoms. The zero-order chi connectivity index (χ0) is 16.1. The van der Waals surface area contributed by atoms with Crippen LogP contribution in [0.15, 0.2) is 42.5 Å². The minimum Gasteiger partial charge on any atom is -0.502 e. The van der Waals surface area contributed by atoms with Crippen LogP contribution < -0.4 is 9.47 Å². The monoisotopic (exact) mass is 302 g/mol. The van der Waals surface area contributed by atoms with Crippen LogP contribution in [0.25, 0.3) is 6.08 Å². The van der Waals surface area contributed by atoms with E-state index in [1.165, 1.54) is 50.6 Å². The van der Waals surface area contributed by atoms with Crippen LogP contribution in [0.5, 0.6) is 17.2 Å². The molecule has 0 unspecified atom stereocenters. The summed E-state index contributed by atoms with van der Waals surface area (Å²) < 4.78 is 23.2. The number of benzene rings is 2. The van der Waals surface area contributed by atoms with Gasteiger partial charge in [-0.1, -0.05) is 18.2 Å². The van der Waals surface area contributed by atoms with Crippen molar-refractivity contribution in [3.05, 3.63) is 59.4 Å². The maximum absolute atomic E-state index is 13.1. The zero-order valence-corrected chi connectivity index (χ0v) is 12.2. The Morgan fingerprint density at radius 3 is 2.32 bits per heavy atom. The number of phenolic OH excluding ortho intramolecular Hbond substituents is 1. The molecule has 0 heterocycles. The molecule has 0 amide bonds. The van der Waals surface area contributed by atoms with Crippen LogP contribution in [0.3, 0.4) is 0 Å². The average molecular weight is 302 g/mol. The smallest absolute Gasteiger partial charge is 0.200 e. The highest BCUT2D eigenvalue weighted by molar-refractivity contribution is 6.06. The number of hydrogen-bond donors (Lipinski definition) is 1. The van der Waals surface area contributed by atoms with E-state index in [9.17, 15) is 14.3 Å². The molecule has 5 heteroatoms. The van der Waals surface area contributed by atoms with Gasteiger partial charge in [0.05, 0.1) is 14.2 Å². The maximum Gasteiger partial charge on any atom is 0.200 e. The summed E-state index contributed by atoms with van der Waals surface area (Å²) in [6, 6.07) is 8.58. The van der Waals surface area contributed by atoms with Crippen LogP contribution in [0.4, 0.5) is 4.39 Å². The Bertz CT molecular complexity index is 697. The van der Waals surface area contributed by atoms with Crippen LogP contribution >= 0.6 is 0 Å². The summed E-state index contributed by atoms with van der Waals surface area (Å²) in [5.74, 6) is -0.439. The van der Waals surface area contributed by atoms with Gasteiger partial charge >= 0.3 is 0 Å². The average Bonchev–Trinajstić information content (AvgIpc) is 2.53. The molecule has 0 spiro atoms. The molecular weight excluding hydrogens is 287 g/mol. The summed E-state index contributed by atoms with van der Waals surface area (Å²) >= 11 is 0. The Hall–Kier alpha value is -2.82. The molecule has 0 radical (unpaired) electrons. The van der Waals surface area contributed by atoms with E-state index in [2.05, 4.69) is 0 Å². The van der Waals surface area contributed by atoms with E-state index < -0.39 is 5.82 Å². The molecule has 1 N–H and O–H groups in total. The number of rotatable bonds is 5. The van der Waals surface area contributed by atoms with Crippen molar-refractivity contribution in [2.75, 3.05) is 14.2 Å². The summed E-state index contributed by atoms with van der Waals surface area (Å²) in [6.45, 7) is 0. The van der Waals surface area contributed by atoms with Gasteiger partial charge in [-0.05, 0) is 35.9 Å². The van der Waals surface area contributed by atoms with Crippen LogP contribution in [0, 0.1) is 5.82 Å². The molecule has 0 saturated heterocycles. The van der Waals surface area contributed by atoms with E-state index in [1.54, 1.807) is 12.1 Å². The number of aromatic hydroxyl groups is 1. The molecule has 22 heavy (non-hydrogen) atoms. The number of carbonyl (C=O) groups is 1. The van der Waals surface area contributed by atoms with Crippen LogP contribution in [0.2, 0.25) is 0 Å². The normalized spacial score (nSPS) is 10.7. The Morgan fingerprint density at radius 1 is 1.14 bits per heavy atom. The molecular formula is C17H15FO4. The predicted molar refractivity (Wildman–Crippen MR) is 81.0 cm³/mol. The molecule has 0 saturated carbocycles. The number of methoxy groups -OCH3 is 2. The third-order valence-electron chi connectivity index (χ3n) is 3.04. The van der Waals surface area contributed by atoms with Crippen LogP contribution in [-0.2, 0) is 0 Å². The molecule has 2 aromatic carbocycles. The second kappa shape index (κ2) is 6.76. The topological polar surface area (TPSA) is 55.8 Å². The van der Waals surface area contributed by atoms with Gasteiger partial charge < -0.3 is 14.6 Å². The maximum atomic E-state index is 13.1. The van der Waals surface area contributed by atoms with Gasteiger partial charge in [0.15, 0.2) is 17.3 Å². The van der Waals surface area contributed by atoms with Crippen LogP contribution in [0.1, 0.15) is 15.9 Å². The van der Waals surface area contributed by atoms with Gasteiger partial charge in [-0.15, -0.1) is 0 Å². The van der Waals surface area contributed by atoms with Gasteiger partial charge in [0.1, 0.15) is 5.82 Å². The number of allylic oxidation sites excluding steroid dienone is 1. The number of halogens is 1. The van der Waals surface area contributed by atoms with E-state index >= 15 is 0 Å². The van der Waals surface area contributed by atoms with Crippen molar-refractivity contribution in [3.8, 4) is 17.2 Å². The lowest BCUT2D eigenvalue weighted by Crippen LogP contribution is -1.95. The lowest BCUT2D eigenvalue weighted by Gasteiger charge is -2.09. The van der Waals surface area contributed by atoms with Gasteiger partial charge in [0.2, 0.25) is 5.75 Å². The Kier molecular flexibility index (Phi) is 4.78. The summed E-state index contributed by atoms with van der Waals surface area (Å²) in [5, 5.41) is 9.82. The Balaban J connectivity index is 2.28. The van der Waals surface area contributed by atoms with E-state index in [0.29, 0.717) is 5.56 Å². The molecule has 0 aliphatic heterocycles. The minimum atomic E-state index is -0.466. The fourth-order valence-corrected chi connectivity index (χ4v) is 1.92. The fourth-order valence-electron chi connectivity index (χ4n) is 1.92. The summed E-state index contributed by atoms with van der Waals surface area (Å²) in [4.78, 5) is 12.0. The first-order valence-corrected chi connectivity index (χ1v) is 6.48. The molecule has 2 aromatic rings. The van der Waals surface area contributed by atoms with Gasteiger partial charge in [-0.3, -0.25) is 4.79 Å². The number of hydrogen-bond acceptors (Lipinski definition) is 4. The lowest BCUT2D eigenvalue weighted by atomic mass is 10.1. The number of phenols is 1. The third-order valence-corrected chi connectivity index (χ3v) is 3.04. The summed E-state index contributed by atoms with van der Waals surface area (Å²) in [6.07, 6.45) is 2.86. The first-order chi connectivity index (χ1) is 10.5. The van der Waals surface area contributed by atoms with E-state index in [-0.39, 0.29) is 28.6 Å². The number of ether oxygens (including phenoxy) is 2. The minimum absolute atomic E-state index is 0.112. The van der Waals surface area contributed by atoms with Crippen molar-refractivity contribution in [2.24, 2.45) is 0 Å². The van der Waals surface area contributed by atoms with Gasteiger partial charge in [-0.25, -0.2) is 4.39 Å². The van der Waals surface area contributed by atoms with Gasteiger partial charge in [0, 0.05) is 5.56 Å². The van der Waals surface area contributed by atoms with Crippen molar-refractivity contribution in [1.82, 2.24) is 0 Å². The highest BCUT2D eigenvalue weighted by Gasteiger charge is 2.10. The Morgan fingerprint density at radius 2 is 1.77 bits per heavy atom. The van der Waals surface area contributed by atoms with Crippen molar-refractivity contribution >= 4 is 11.9 Å². The van der Waals surface area contributed by atoms with E-state index in [0.717, 1.165) is 0 Å². The zero-order valence-electron chi connectivity index (χ0n) is 12.2. The first-order valence-electron chi connectivity index (χ1n) is 6.48. The number of ketones is 1. The highest BCUT2D eigenvalue weighted by Crippen LogP contribution is 2.37. The third kappa shape index (κ3) is 3.44. The van der Waals surface area contributed by atoms with Gasteiger partial charge in [-0.2, -0.15) is 0 Å². The van der Waals surface area contributed by atoms with Crippen molar-refractivity contribution in [2.45, 2.75) is 0 Å². The Labute approximate surface area is 127 Å². The SMILES string of the molecule is COc1cc(/C=C/C(=O)c2cccc(F)c2)cc(OC)c1O. The molecule has 0 aliphatic rings. The largest absolute Gasteiger partial charge is 0.502 e. The summed E-state index contributed by atoms with van der Waals surface area (Å²) in [5.41, 5.74) is 0.866. The molecule has 0 atom stereocenters. The molecule has 114 valence electrons. The predicted octanol–water partition coefficient (Wildman–Crippen LogP) is 3.44. The quantitative estimate of drug-likeness (QED) is 0.679. The highest BCUT2D eigenvalue weighted by atomic mass is 19.1. The second-order valence-electron chi connectivity index (χ2n) is 4.48. The molecule has 2 rings (SSSR count). The van der Waals surface area contributed by atoms with Crippen molar-refractivity contribution in [3.63, 3.8) is 0 Å². The second-order valence-corrected chi connectivity index (χ2v) is 4.48. The van der Waals surface area contributed by atoms with E-state index in [4.69, 9.17) is 9.47 Å². The standard InChI is InChI=1S/C17H15FO4/c1-21-15-8-11(9-16(22-2)17(15)20)6-7-14(19)12-4-3-5-13(18)10-12/h3-10,20H,1-2H3/b7-6+. The van der Waals surface area contributed by atoms with Crippen LogP contribution in [-0.4, -0.2) is 25.1 Å². The first kappa shape index (κ1) is 15.6. The molecule has 0 fully saturated rings. The fraction of sp³-hybridized carbons (Fsp3) is 0.118. The molecule has 0 aromatic heterocycles. The van der Waals surface area contributed by atoms with E-state index in [1.807, 2.05) is 0 Å².